The van der Waals surface area contributed by atoms with E-state index < -0.39 is 6.10 Å². The molecule has 2 heterocycles. The van der Waals surface area contributed by atoms with Crippen LogP contribution in [-0.4, -0.2) is 15.1 Å². The number of aliphatic hydroxyl groups is 1. The summed E-state index contributed by atoms with van der Waals surface area (Å²) in [5.41, 5.74) is 2.53. The fraction of sp³-hybridized carbons (Fsp3) is 0.200. The zero-order valence-corrected chi connectivity index (χ0v) is 11.4. The van der Waals surface area contributed by atoms with Crippen LogP contribution < -0.4 is 0 Å². The zero-order chi connectivity index (χ0) is 13.2. The van der Waals surface area contributed by atoms with Crippen LogP contribution in [-0.2, 0) is 6.42 Å². The average molecular weight is 270 g/mol. The lowest BCUT2D eigenvalue weighted by atomic mass is 10.1. The third-order valence-electron chi connectivity index (χ3n) is 3.03. The molecular formula is C15H14N2OS. The van der Waals surface area contributed by atoms with Crippen LogP contribution in [0.2, 0.25) is 0 Å². The molecule has 0 spiro atoms. The fourth-order valence-electron chi connectivity index (χ4n) is 2.07. The summed E-state index contributed by atoms with van der Waals surface area (Å²) in [5, 5.41) is 14.3. The van der Waals surface area contributed by atoms with E-state index in [9.17, 15) is 5.11 Å². The zero-order valence-electron chi connectivity index (χ0n) is 10.6. The largest absolute Gasteiger partial charge is 0.386 e. The molecule has 19 heavy (non-hydrogen) atoms. The first-order valence-corrected chi connectivity index (χ1v) is 7.05. The van der Waals surface area contributed by atoms with Gasteiger partial charge in [0.25, 0.3) is 0 Å². The van der Waals surface area contributed by atoms with Gasteiger partial charge in [-0.15, -0.1) is 11.3 Å². The predicted molar refractivity (Wildman–Crippen MR) is 77.3 cm³/mol. The van der Waals surface area contributed by atoms with Gasteiger partial charge in [-0.25, -0.2) is 4.98 Å². The topological polar surface area (TPSA) is 46.0 Å². The van der Waals surface area contributed by atoms with Crippen molar-refractivity contribution in [1.29, 1.82) is 0 Å². The highest BCUT2D eigenvalue weighted by Gasteiger charge is 2.12. The van der Waals surface area contributed by atoms with Gasteiger partial charge in [-0.3, -0.25) is 4.98 Å². The first kappa shape index (κ1) is 12.3. The van der Waals surface area contributed by atoms with Crippen molar-refractivity contribution in [2.75, 3.05) is 0 Å². The number of thiazole rings is 1. The minimum absolute atomic E-state index is 0.510. The molecule has 3 nitrogen and oxygen atoms in total. The Morgan fingerprint density at radius 1 is 1.16 bits per heavy atom. The second-order valence-corrected chi connectivity index (χ2v) is 5.57. The summed E-state index contributed by atoms with van der Waals surface area (Å²) in [7, 11) is 0. The number of pyridine rings is 1. The van der Waals surface area contributed by atoms with Crippen LogP contribution in [0.15, 0.2) is 41.8 Å². The SMILES string of the molecule is Cc1nc(CC(O)c2ccc3ccccc3n2)cs1. The Kier molecular flexibility index (Phi) is 3.27. The molecule has 2 aromatic heterocycles. The third-order valence-corrected chi connectivity index (χ3v) is 3.85. The molecule has 0 bridgehead atoms. The second-order valence-electron chi connectivity index (χ2n) is 4.51. The fourth-order valence-corrected chi connectivity index (χ4v) is 2.70. The number of para-hydroxylation sites is 1. The Labute approximate surface area is 115 Å². The predicted octanol–water partition coefficient (Wildman–Crippen LogP) is 3.28. The molecule has 0 amide bonds. The molecule has 96 valence electrons. The summed E-state index contributed by atoms with van der Waals surface area (Å²) in [5.74, 6) is 0. The normalized spacial score (nSPS) is 12.7. The van der Waals surface area contributed by atoms with E-state index in [1.807, 2.05) is 48.7 Å². The number of aromatic nitrogens is 2. The summed E-state index contributed by atoms with van der Waals surface area (Å²) in [6.45, 7) is 1.97. The average Bonchev–Trinajstić information content (AvgIpc) is 2.83. The van der Waals surface area contributed by atoms with Gasteiger partial charge in [-0.1, -0.05) is 24.3 Å². The van der Waals surface area contributed by atoms with E-state index in [1.54, 1.807) is 11.3 Å². The van der Waals surface area contributed by atoms with Crippen molar-refractivity contribution < 1.29 is 5.11 Å². The van der Waals surface area contributed by atoms with Crippen molar-refractivity contribution in [3.63, 3.8) is 0 Å². The molecule has 1 N–H and O–H groups in total. The summed E-state index contributed by atoms with van der Waals surface area (Å²) >= 11 is 1.60. The lowest BCUT2D eigenvalue weighted by molar-refractivity contribution is 0.173. The minimum Gasteiger partial charge on any atom is -0.386 e. The van der Waals surface area contributed by atoms with Crippen molar-refractivity contribution in [1.82, 2.24) is 9.97 Å². The van der Waals surface area contributed by atoms with Crippen LogP contribution in [0, 0.1) is 6.92 Å². The Morgan fingerprint density at radius 3 is 2.79 bits per heavy atom. The number of aryl methyl sites for hydroxylation is 1. The number of hydrogen-bond donors (Lipinski definition) is 1. The molecule has 0 aliphatic carbocycles. The van der Waals surface area contributed by atoms with E-state index in [0.29, 0.717) is 12.1 Å². The molecule has 0 saturated heterocycles. The number of nitrogens with zero attached hydrogens (tertiary/aromatic N) is 2. The molecule has 1 atom stereocenters. The summed E-state index contributed by atoms with van der Waals surface area (Å²) < 4.78 is 0. The van der Waals surface area contributed by atoms with Gasteiger partial charge in [0.2, 0.25) is 0 Å². The maximum Gasteiger partial charge on any atom is 0.102 e. The van der Waals surface area contributed by atoms with Gasteiger partial charge in [-0.2, -0.15) is 0 Å². The van der Waals surface area contributed by atoms with Crippen LogP contribution >= 0.6 is 11.3 Å². The molecular weight excluding hydrogens is 256 g/mol. The molecule has 3 rings (SSSR count). The number of benzene rings is 1. The van der Waals surface area contributed by atoms with E-state index in [1.165, 1.54) is 0 Å². The maximum absolute atomic E-state index is 10.2. The molecule has 4 heteroatoms. The summed E-state index contributed by atoms with van der Waals surface area (Å²) in [6.07, 6.45) is -0.0959. The molecule has 1 unspecified atom stereocenters. The minimum atomic E-state index is -0.605. The summed E-state index contributed by atoms with van der Waals surface area (Å²) in [6, 6.07) is 11.8. The number of rotatable bonds is 3. The second kappa shape index (κ2) is 5.07. The molecule has 0 fully saturated rings. The van der Waals surface area contributed by atoms with E-state index in [-0.39, 0.29) is 0 Å². The highest BCUT2D eigenvalue weighted by Crippen LogP contribution is 2.20. The van der Waals surface area contributed by atoms with Gasteiger partial charge in [0.1, 0.15) is 6.10 Å². The smallest absolute Gasteiger partial charge is 0.102 e. The van der Waals surface area contributed by atoms with Crippen molar-refractivity contribution >= 4 is 22.2 Å². The highest BCUT2D eigenvalue weighted by atomic mass is 32.1. The number of hydrogen-bond acceptors (Lipinski definition) is 4. The molecule has 0 aliphatic rings. The molecule has 1 aromatic carbocycles. The monoisotopic (exact) mass is 270 g/mol. The Balaban J connectivity index is 1.86. The first-order valence-electron chi connectivity index (χ1n) is 6.17. The Hall–Kier alpha value is -1.78. The van der Waals surface area contributed by atoms with Crippen molar-refractivity contribution in [3.05, 3.63) is 58.2 Å². The van der Waals surface area contributed by atoms with Crippen LogP contribution in [0.4, 0.5) is 0 Å². The highest BCUT2D eigenvalue weighted by molar-refractivity contribution is 7.09. The van der Waals surface area contributed by atoms with Gasteiger partial charge in [0.05, 0.1) is 21.9 Å². The Bertz CT molecular complexity index is 708. The van der Waals surface area contributed by atoms with Gasteiger partial charge in [-0.05, 0) is 19.1 Å². The quantitative estimate of drug-likeness (QED) is 0.794. The van der Waals surface area contributed by atoms with Crippen LogP contribution in [0.3, 0.4) is 0 Å². The molecule has 3 aromatic rings. The van der Waals surface area contributed by atoms with Gasteiger partial charge < -0.3 is 5.11 Å². The molecule has 0 saturated carbocycles. The van der Waals surface area contributed by atoms with E-state index in [4.69, 9.17) is 0 Å². The van der Waals surface area contributed by atoms with Gasteiger partial charge in [0, 0.05) is 17.2 Å². The van der Waals surface area contributed by atoms with Crippen LogP contribution in [0.5, 0.6) is 0 Å². The lowest BCUT2D eigenvalue weighted by Crippen LogP contribution is -2.04. The maximum atomic E-state index is 10.2. The number of fused-ring (bicyclic) bond motifs is 1. The van der Waals surface area contributed by atoms with Crippen molar-refractivity contribution in [2.24, 2.45) is 0 Å². The van der Waals surface area contributed by atoms with E-state index in [2.05, 4.69) is 9.97 Å². The van der Waals surface area contributed by atoms with Crippen LogP contribution in [0.25, 0.3) is 10.9 Å². The van der Waals surface area contributed by atoms with Gasteiger partial charge in [0.15, 0.2) is 0 Å². The molecule has 0 aliphatic heterocycles. The first-order chi connectivity index (χ1) is 9.22. The third kappa shape index (κ3) is 2.64. The standard InChI is InChI=1S/C15H14N2OS/c1-10-16-12(9-19-10)8-15(18)14-7-6-11-4-2-3-5-13(11)17-14/h2-7,9,15,18H,8H2,1H3. The van der Waals surface area contributed by atoms with Gasteiger partial charge >= 0.3 is 0 Å². The number of aliphatic hydroxyl groups excluding tert-OH is 1. The molecule has 0 radical (unpaired) electrons. The van der Waals surface area contributed by atoms with E-state index in [0.717, 1.165) is 21.6 Å². The van der Waals surface area contributed by atoms with E-state index >= 15 is 0 Å². The van der Waals surface area contributed by atoms with Crippen molar-refractivity contribution in [2.45, 2.75) is 19.4 Å². The van der Waals surface area contributed by atoms with Crippen LogP contribution in [0.1, 0.15) is 22.5 Å². The van der Waals surface area contributed by atoms with Crippen molar-refractivity contribution in [3.8, 4) is 0 Å². The Morgan fingerprint density at radius 2 is 2.00 bits per heavy atom. The lowest BCUT2D eigenvalue weighted by Gasteiger charge is -2.09. The summed E-state index contributed by atoms with van der Waals surface area (Å²) in [4.78, 5) is 8.87.